The van der Waals surface area contributed by atoms with Crippen LogP contribution < -0.4 is 0 Å². The fraction of sp³-hybridized carbons (Fsp3) is 0.500. The first kappa shape index (κ1) is 5.35. The Bertz CT molecular complexity index is 179. The van der Waals surface area contributed by atoms with E-state index < -0.39 is 0 Å². The van der Waals surface area contributed by atoms with E-state index in [1.807, 2.05) is 30.5 Å². The first-order valence-corrected chi connectivity index (χ1v) is 4.17. The largest absolute Gasteiger partial charge is 0.333 e. The molecule has 3 heteroatoms. The number of hydrogen-bond acceptors (Lipinski definition) is 2. The van der Waals surface area contributed by atoms with Crippen molar-refractivity contribution in [3.05, 3.63) is 18.7 Å². The standard InChI is InChI=1S/C6H8N2S/c1-2-8(5-7-1)6-3-9-4-6/h1-2,5-6H,3-4H2. The molecule has 0 saturated carbocycles. The second kappa shape index (κ2) is 2.06. The van der Waals surface area contributed by atoms with Crippen LogP contribution in [0.2, 0.25) is 0 Å². The molecule has 1 aliphatic heterocycles. The predicted molar refractivity (Wildman–Crippen MR) is 38.6 cm³/mol. The lowest BCUT2D eigenvalue weighted by molar-refractivity contribution is 0.592. The van der Waals surface area contributed by atoms with Gasteiger partial charge in [-0.25, -0.2) is 4.98 Å². The normalized spacial score (nSPS) is 19.6. The van der Waals surface area contributed by atoms with Crippen LogP contribution in [0.4, 0.5) is 0 Å². The van der Waals surface area contributed by atoms with E-state index in [9.17, 15) is 0 Å². The summed E-state index contributed by atoms with van der Waals surface area (Å²) in [5.74, 6) is 2.52. The summed E-state index contributed by atoms with van der Waals surface area (Å²) in [6.07, 6.45) is 5.76. The molecule has 1 aromatic heterocycles. The highest BCUT2D eigenvalue weighted by atomic mass is 32.2. The highest BCUT2D eigenvalue weighted by Gasteiger charge is 2.18. The molecule has 0 spiro atoms. The number of nitrogens with zero attached hydrogens (tertiary/aromatic N) is 2. The number of thioether (sulfide) groups is 1. The fourth-order valence-electron chi connectivity index (χ4n) is 0.881. The van der Waals surface area contributed by atoms with Crippen LogP contribution in [0.25, 0.3) is 0 Å². The Labute approximate surface area is 58.3 Å². The van der Waals surface area contributed by atoms with Crippen molar-refractivity contribution >= 4 is 11.8 Å². The maximum atomic E-state index is 3.98. The molecule has 0 bridgehead atoms. The second-order valence-electron chi connectivity index (χ2n) is 2.20. The van der Waals surface area contributed by atoms with Gasteiger partial charge in [0.1, 0.15) is 0 Å². The van der Waals surface area contributed by atoms with Gasteiger partial charge in [0, 0.05) is 23.9 Å². The van der Waals surface area contributed by atoms with Crippen molar-refractivity contribution in [1.29, 1.82) is 0 Å². The van der Waals surface area contributed by atoms with Gasteiger partial charge in [0.2, 0.25) is 0 Å². The molecule has 48 valence electrons. The van der Waals surface area contributed by atoms with Crippen LogP contribution in [0.5, 0.6) is 0 Å². The molecule has 0 N–H and O–H groups in total. The Balaban J connectivity index is 2.14. The minimum atomic E-state index is 0.734. The van der Waals surface area contributed by atoms with Crippen LogP contribution >= 0.6 is 11.8 Å². The molecule has 9 heavy (non-hydrogen) atoms. The van der Waals surface area contributed by atoms with E-state index in [1.54, 1.807) is 0 Å². The third kappa shape index (κ3) is 0.852. The smallest absolute Gasteiger partial charge is 0.0949 e. The lowest BCUT2D eigenvalue weighted by Crippen LogP contribution is -2.21. The topological polar surface area (TPSA) is 17.8 Å². The SMILES string of the molecule is c1cn(C2CSC2)cn1. The molecule has 2 heterocycles. The number of imidazole rings is 1. The fourth-order valence-corrected chi connectivity index (χ4v) is 1.67. The van der Waals surface area contributed by atoms with Gasteiger partial charge >= 0.3 is 0 Å². The van der Waals surface area contributed by atoms with Crippen LogP contribution in [0.15, 0.2) is 18.7 Å². The van der Waals surface area contributed by atoms with Crippen molar-refractivity contribution in [2.24, 2.45) is 0 Å². The molecule has 1 aromatic rings. The lowest BCUT2D eigenvalue weighted by Gasteiger charge is -2.25. The van der Waals surface area contributed by atoms with Gasteiger partial charge in [0.05, 0.1) is 12.4 Å². The van der Waals surface area contributed by atoms with Crippen molar-refractivity contribution in [2.75, 3.05) is 11.5 Å². The Morgan fingerprint density at radius 3 is 2.89 bits per heavy atom. The van der Waals surface area contributed by atoms with Gasteiger partial charge < -0.3 is 4.57 Å². The number of rotatable bonds is 1. The Morgan fingerprint density at radius 2 is 2.44 bits per heavy atom. The summed E-state index contributed by atoms with van der Waals surface area (Å²) in [5, 5.41) is 0. The second-order valence-corrected chi connectivity index (χ2v) is 3.28. The molecule has 0 aromatic carbocycles. The van der Waals surface area contributed by atoms with Crippen molar-refractivity contribution in [2.45, 2.75) is 6.04 Å². The molecule has 2 rings (SSSR count). The van der Waals surface area contributed by atoms with Gasteiger partial charge in [-0.05, 0) is 0 Å². The quantitative estimate of drug-likeness (QED) is 0.582. The monoisotopic (exact) mass is 140 g/mol. The molecule has 0 aliphatic carbocycles. The third-order valence-corrected chi connectivity index (χ3v) is 2.81. The summed E-state index contributed by atoms with van der Waals surface area (Å²) in [6.45, 7) is 0. The summed E-state index contributed by atoms with van der Waals surface area (Å²) >= 11 is 1.99. The molecule has 1 saturated heterocycles. The zero-order valence-corrected chi connectivity index (χ0v) is 5.84. The van der Waals surface area contributed by atoms with E-state index in [2.05, 4.69) is 9.55 Å². The molecule has 0 unspecified atom stereocenters. The van der Waals surface area contributed by atoms with Gasteiger partial charge in [-0.1, -0.05) is 0 Å². The third-order valence-electron chi connectivity index (χ3n) is 1.57. The van der Waals surface area contributed by atoms with E-state index in [0.717, 1.165) is 6.04 Å². The van der Waals surface area contributed by atoms with E-state index in [4.69, 9.17) is 0 Å². The molecule has 2 nitrogen and oxygen atoms in total. The first-order chi connectivity index (χ1) is 4.47. The summed E-state index contributed by atoms with van der Waals surface area (Å²) in [5.41, 5.74) is 0. The van der Waals surface area contributed by atoms with Crippen LogP contribution in [0.1, 0.15) is 6.04 Å². The first-order valence-electron chi connectivity index (χ1n) is 3.02. The summed E-state index contributed by atoms with van der Waals surface area (Å²) < 4.78 is 2.18. The minimum absolute atomic E-state index is 0.734. The van der Waals surface area contributed by atoms with Crippen molar-refractivity contribution in [3.8, 4) is 0 Å². The summed E-state index contributed by atoms with van der Waals surface area (Å²) in [7, 11) is 0. The van der Waals surface area contributed by atoms with Crippen LogP contribution in [-0.4, -0.2) is 21.1 Å². The lowest BCUT2D eigenvalue weighted by atomic mass is 10.4. The van der Waals surface area contributed by atoms with E-state index >= 15 is 0 Å². The van der Waals surface area contributed by atoms with Gasteiger partial charge in [-0.2, -0.15) is 11.8 Å². The van der Waals surface area contributed by atoms with Gasteiger partial charge in [-0.15, -0.1) is 0 Å². The highest BCUT2D eigenvalue weighted by Crippen LogP contribution is 2.28. The van der Waals surface area contributed by atoms with Crippen LogP contribution in [0, 0.1) is 0 Å². The molecular formula is C6H8N2S. The van der Waals surface area contributed by atoms with Crippen LogP contribution in [-0.2, 0) is 0 Å². The summed E-state index contributed by atoms with van der Waals surface area (Å²) in [6, 6.07) is 0.734. The molecule has 0 amide bonds. The molecule has 0 radical (unpaired) electrons. The Morgan fingerprint density at radius 1 is 1.56 bits per heavy atom. The molecular weight excluding hydrogens is 132 g/mol. The van der Waals surface area contributed by atoms with E-state index in [-0.39, 0.29) is 0 Å². The average molecular weight is 140 g/mol. The molecule has 1 fully saturated rings. The van der Waals surface area contributed by atoms with Crippen molar-refractivity contribution in [1.82, 2.24) is 9.55 Å². The van der Waals surface area contributed by atoms with Crippen molar-refractivity contribution in [3.63, 3.8) is 0 Å². The molecule has 0 atom stereocenters. The maximum Gasteiger partial charge on any atom is 0.0949 e. The Kier molecular flexibility index (Phi) is 1.23. The van der Waals surface area contributed by atoms with Gasteiger partial charge in [-0.3, -0.25) is 0 Å². The highest BCUT2D eigenvalue weighted by molar-refractivity contribution is 8.00. The summed E-state index contributed by atoms with van der Waals surface area (Å²) in [4.78, 5) is 3.98. The number of hydrogen-bond donors (Lipinski definition) is 0. The van der Waals surface area contributed by atoms with E-state index in [1.165, 1.54) is 11.5 Å². The van der Waals surface area contributed by atoms with Crippen LogP contribution in [0.3, 0.4) is 0 Å². The average Bonchev–Trinajstić information content (AvgIpc) is 2.11. The molecule has 1 aliphatic rings. The Hall–Kier alpha value is -0.440. The van der Waals surface area contributed by atoms with Gasteiger partial charge in [0.25, 0.3) is 0 Å². The zero-order chi connectivity index (χ0) is 6.10. The maximum absolute atomic E-state index is 3.98. The van der Waals surface area contributed by atoms with Crippen molar-refractivity contribution < 1.29 is 0 Å². The zero-order valence-electron chi connectivity index (χ0n) is 5.03. The predicted octanol–water partition coefficient (Wildman–Crippen LogP) is 1.17. The number of aromatic nitrogens is 2. The van der Waals surface area contributed by atoms with E-state index in [0.29, 0.717) is 0 Å². The van der Waals surface area contributed by atoms with Gasteiger partial charge in [0.15, 0.2) is 0 Å². The minimum Gasteiger partial charge on any atom is -0.333 e.